The Bertz CT molecular complexity index is 301. The van der Waals surface area contributed by atoms with E-state index in [0.717, 1.165) is 17.9 Å². The van der Waals surface area contributed by atoms with E-state index in [9.17, 15) is 0 Å². The first kappa shape index (κ1) is 12.2. The fourth-order valence-electron chi connectivity index (χ4n) is 1.65. The average molecular weight is 224 g/mol. The number of thioether (sulfide) groups is 1. The summed E-state index contributed by atoms with van der Waals surface area (Å²) in [4.78, 5) is 2.31. The maximum atomic E-state index is 5.78. The second kappa shape index (κ2) is 5.91. The highest BCUT2D eigenvalue weighted by Gasteiger charge is 2.12. The van der Waals surface area contributed by atoms with Gasteiger partial charge in [0.2, 0.25) is 0 Å². The van der Waals surface area contributed by atoms with Crippen molar-refractivity contribution in [3.63, 3.8) is 0 Å². The molecular weight excluding hydrogens is 204 g/mol. The van der Waals surface area contributed by atoms with Gasteiger partial charge in [0, 0.05) is 30.2 Å². The number of hydrogen-bond acceptors (Lipinski definition) is 3. The number of nitrogen functional groups attached to an aromatic ring is 1. The molecule has 3 heteroatoms. The molecule has 0 saturated heterocycles. The van der Waals surface area contributed by atoms with Gasteiger partial charge in [0.1, 0.15) is 0 Å². The molecule has 0 fully saturated rings. The molecule has 0 aliphatic rings. The third-order valence-electron chi connectivity index (χ3n) is 2.66. The molecule has 1 unspecified atom stereocenters. The Morgan fingerprint density at radius 1 is 1.47 bits per heavy atom. The second-order valence-corrected chi connectivity index (χ2v) is 4.63. The van der Waals surface area contributed by atoms with E-state index in [1.54, 1.807) is 0 Å². The van der Waals surface area contributed by atoms with Crippen molar-refractivity contribution in [1.29, 1.82) is 0 Å². The van der Waals surface area contributed by atoms with Gasteiger partial charge >= 0.3 is 0 Å². The Morgan fingerprint density at radius 2 is 2.20 bits per heavy atom. The van der Waals surface area contributed by atoms with Crippen molar-refractivity contribution >= 4 is 23.1 Å². The SMILES string of the molecule is CCC(CSC)N(C)c1cccc(N)c1. The minimum atomic E-state index is 0.585. The van der Waals surface area contributed by atoms with Crippen LogP contribution >= 0.6 is 11.8 Å². The van der Waals surface area contributed by atoms with Crippen molar-refractivity contribution in [3.05, 3.63) is 24.3 Å². The number of anilines is 2. The van der Waals surface area contributed by atoms with Gasteiger partial charge in [0.25, 0.3) is 0 Å². The summed E-state index contributed by atoms with van der Waals surface area (Å²) in [7, 11) is 2.14. The average Bonchev–Trinajstić information content (AvgIpc) is 2.25. The van der Waals surface area contributed by atoms with Gasteiger partial charge < -0.3 is 10.6 Å². The predicted molar refractivity (Wildman–Crippen MR) is 71.7 cm³/mol. The van der Waals surface area contributed by atoms with Crippen molar-refractivity contribution in [2.24, 2.45) is 0 Å². The summed E-state index contributed by atoms with van der Waals surface area (Å²) >= 11 is 1.89. The minimum Gasteiger partial charge on any atom is -0.399 e. The van der Waals surface area contributed by atoms with Crippen LogP contribution in [-0.4, -0.2) is 25.1 Å². The standard InChI is InChI=1S/C12H20N2S/c1-4-11(9-15-3)14(2)12-7-5-6-10(13)8-12/h5-8,11H,4,9,13H2,1-3H3. The lowest BCUT2D eigenvalue weighted by Gasteiger charge is -2.29. The zero-order valence-electron chi connectivity index (χ0n) is 9.73. The summed E-state index contributed by atoms with van der Waals surface area (Å²) in [6, 6.07) is 8.66. The van der Waals surface area contributed by atoms with E-state index in [-0.39, 0.29) is 0 Å². The van der Waals surface area contributed by atoms with Crippen LogP contribution in [0.4, 0.5) is 11.4 Å². The Labute approximate surface area is 96.8 Å². The number of rotatable bonds is 5. The van der Waals surface area contributed by atoms with Crippen LogP contribution in [0.3, 0.4) is 0 Å². The van der Waals surface area contributed by atoms with Crippen LogP contribution in [0.15, 0.2) is 24.3 Å². The molecule has 15 heavy (non-hydrogen) atoms. The predicted octanol–water partition coefficient (Wildman–Crippen LogP) is 2.85. The maximum Gasteiger partial charge on any atom is 0.0387 e. The van der Waals surface area contributed by atoms with Gasteiger partial charge in [-0.2, -0.15) is 11.8 Å². The lowest BCUT2D eigenvalue weighted by molar-refractivity contribution is 0.673. The molecule has 0 aliphatic heterocycles. The number of hydrogen-bond donors (Lipinski definition) is 1. The maximum absolute atomic E-state index is 5.78. The van der Waals surface area contributed by atoms with Crippen LogP contribution in [0.25, 0.3) is 0 Å². The van der Waals surface area contributed by atoms with E-state index < -0.39 is 0 Å². The number of nitrogens with zero attached hydrogens (tertiary/aromatic N) is 1. The van der Waals surface area contributed by atoms with Crippen molar-refractivity contribution in [2.45, 2.75) is 19.4 Å². The molecular formula is C12H20N2S. The topological polar surface area (TPSA) is 29.3 Å². The summed E-state index contributed by atoms with van der Waals surface area (Å²) < 4.78 is 0. The molecule has 0 heterocycles. The lowest BCUT2D eigenvalue weighted by Crippen LogP contribution is -2.33. The van der Waals surface area contributed by atoms with Crippen molar-refractivity contribution in [1.82, 2.24) is 0 Å². The summed E-state index contributed by atoms with van der Waals surface area (Å²) in [6.07, 6.45) is 3.31. The van der Waals surface area contributed by atoms with Gasteiger partial charge in [-0.3, -0.25) is 0 Å². The summed E-state index contributed by atoms with van der Waals surface area (Å²) in [6.45, 7) is 2.23. The highest BCUT2D eigenvalue weighted by molar-refractivity contribution is 7.98. The highest BCUT2D eigenvalue weighted by atomic mass is 32.2. The molecule has 2 nitrogen and oxygen atoms in total. The molecule has 0 spiro atoms. The van der Waals surface area contributed by atoms with Crippen molar-refractivity contribution < 1.29 is 0 Å². The zero-order chi connectivity index (χ0) is 11.3. The van der Waals surface area contributed by atoms with Crippen LogP contribution in [0.5, 0.6) is 0 Å². The smallest absolute Gasteiger partial charge is 0.0387 e. The third kappa shape index (κ3) is 3.34. The molecule has 0 aliphatic carbocycles. The summed E-state index contributed by atoms with van der Waals surface area (Å²) in [5.74, 6) is 1.15. The normalized spacial score (nSPS) is 12.5. The van der Waals surface area contributed by atoms with E-state index in [2.05, 4.69) is 31.2 Å². The summed E-state index contributed by atoms with van der Waals surface area (Å²) in [5.41, 5.74) is 7.82. The van der Waals surface area contributed by atoms with Crippen LogP contribution in [-0.2, 0) is 0 Å². The van der Waals surface area contributed by atoms with Crippen LogP contribution in [0, 0.1) is 0 Å². The van der Waals surface area contributed by atoms with Crippen molar-refractivity contribution in [2.75, 3.05) is 29.7 Å². The first-order chi connectivity index (χ1) is 7.19. The second-order valence-electron chi connectivity index (χ2n) is 3.72. The molecule has 0 saturated carbocycles. The highest BCUT2D eigenvalue weighted by Crippen LogP contribution is 2.20. The van der Waals surface area contributed by atoms with E-state index >= 15 is 0 Å². The first-order valence-electron chi connectivity index (χ1n) is 5.26. The monoisotopic (exact) mass is 224 g/mol. The zero-order valence-corrected chi connectivity index (χ0v) is 10.6. The van der Waals surface area contributed by atoms with Gasteiger partial charge in [-0.1, -0.05) is 13.0 Å². The molecule has 0 aromatic heterocycles. The van der Waals surface area contributed by atoms with Crippen LogP contribution < -0.4 is 10.6 Å². The largest absolute Gasteiger partial charge is 0.399 e. The molecule has 0 amide bonds. The molecule has 0 radical (unpaired) electrons. The molecule has 2 N–H and O–H groups in total. The quantitative estimate of drug-likeness (QED) is 0.780. The Kier molecular flexibility index (Phi) is 4.82. The Hall–Kier alpha value is -0.830. The van der Waals surface area contributed by atoms with Crippen LogP contribution in [0.1, 0.15) is 13.3 Å². The third-order valence-corrected chi connectivity index (χ3v) is 3.37. The van der Waals surface area contributed by atoms with E-state index in [0.29, 0.717) is 6.04 Å². The van der Waals surface area contributed by atoms with Crippen LogP contribution in [0.2, 0.25) is 0 Å². The Balaban J connectivity index is 2.77. The van der Waals surface area contributed by atoms with Gasteiger partial charge in [-0.25, -0.2) is 0 Å². The van der Waals surface area contributed by atoms with Crippen molar-refractivity contribution in [3.8, 4) is 0 Å². The first-order valence-corrected chi connectivity index (χ1v) is 6.65. The fourth-order valence-corrected chi connectivity index (χ4v) is 2.49. The Morgan fingerprint density at radius 3 is 2.73 bits per heavy atom. The number of nitrogens with two attached hydrogens (primary N) is 1. The lowest BCUT2D eigenvalue weighted by atomic mass is 10.2. The van der Waals surface area contributed by atoms with E-state index in [4.69, 9.17) is 5.73 Å². The summed E-state index contributed by atoms with van der Waals surface area (Å²) in [5, 5.41) is 0. The van der Waals surface area contributed by atoms with E-state index in [1.807, 2.05) is 30.0 Å². The van der Waals surface area contributed by atoms with Gasteiger partial charge in [-0.15, -0.1) is 0 Å². The molecule has 84 valence electrons. The van der Waals surface area contributed by atoms with E-state index in [1.165, 1.54) is 5.69 Å². The minimum absolute atomic E-state index is 0.585. The van der Waals surface area contributed by atoms with Gasteiger partial charge in [0.15, 0.2) is 0 Å². The molecule has 1 aromatic rings. The fraction of sp³-hybridized carbons (Fsp3) is 0.500. The molecule has 1 rings (SSSR count). The molecule has 0 bridgehead atoms. The van der Waals surface area contributed by atoms with Gasteiger partial charge in [-0.05, 0) is 30.9 Å². The van der Waals surface area contributed by atoms with Gasteiger partial charge in [0.05, 0.1) is 0 Å². The molecule has 1 aromatic carbocycles. The molecule has 1 atom stereocenters. The number of benzene rings is 1.